The molecule has 4 heteroatoms. The molecule has 1 fully saturated rings. The summed E-state index contributed by atoms with van der Waals surface area (Å²) in [4.78, 5) is 4.09. The predicted octanol–water partition coefficient (Wildman–Crippen LogP) is 1.70. The van der Waals surface area contributed by atoms with Gasteiger partial charge in [0.25, 0.3) is 0 Å². The van der Waals surface area contributed by atoms with Gasteiger partial charge < -0.3 is 10.1 Å². The highest BCUT2D eigenvalue weighted by Gasteiger charge is 2.17. The molecule has 0 aliphatic carbocycles. The first-order valence-corrected chi connectivity index (χ1v) is 5.08. The average molecular weight is 213 g/mol. The molecule has 1 N–H and O–H groups in total. The van der Waals surface area contributed by atoms with E-state index in [2.05, 4.69) is 10.3 Å². The van der Waals surface area contributed by atoms with Crippen LogP contribution in [0.25, 0.3) is 0 Å². The molecule has 14 heavy (non-hydrogen) atoms. The number of aryl methyl sites for hydroxylation is 1. The van der Waals surface area contributed by atoms with Gasteiger partial charge in [-0.25, -0.2) is 4.98 Å². The normalized spacial score (nSPS) is 22.3. The molecule has 3 nitrogen and oxygen atoms in total. The van der Waals surface area contributed by atoms with E-state index in [0.717, 1.165) is 18.7 Å². The highest BCUT2D eigenvalue weighted by Crippen LogP contribution is 2.20. The molecule has 1 saturated heterocycles. The van der Waals surface area contributed by atoms with Gasteiger partial charge in [-0.1, -0.05) is 11.6 Å². The Kier molecular flexibility index (Phi) is 3.01. The van der Waals surface area contributed by atoms with Gasteiger partial charge in [0.05, 0.1) is 19.3 Å². The van der Waals surface area contributed by atoms with E-state index in [1.165, 1.54) is 5.56 Å². The maximum atomic E-state index is 5.79. The van der Waals surface area contributed by atoms with Gasteiger partial charge in [0.2, 0.25) is 0 Å². The average Bonchev–Trinajstić information content (AvgIpc) is 2.19. The molecule has 76 valence electrons. The highest BCUT2D eigenvalue weighted by atomic mass is 35.5. The zero-order valence-electron chi connectivity index (χ0n) is 8.09. The lowest BCUT2D eigenvalue weighted by atomic mass is 10.0. The highest BCUT2D eigenvalue weighted by molar-refractivity contribution is 6.29. The van der Waals surface area contributed by atoms with E-state index >= 15 is 0 Å². The van der Waals surface area contributed by atoms with Crippen LogP contribution >= 0.6 is 11.6 Å². The fourth-order valence-electron chi connectivity index (χ4n) is 1.66. The summed E-state index contributed by atoms with van der Waals surface area (Å²) in [7, 11) is 0. The molecular formula is C10H13ClN2O. The molecule has 1 aromatic rings. The van der Waals surface area contributed by atoms with Crippen LogP contribution in [0.5, 0.6) is 0 Å². The van der Waals surface area contributed by atoms with E-state index in [1.54, 1.807) is 0 Å². The van der Waals surface area contributed by atoms with E-state index in [0.29, 0.717) is 11.8 Å². The molecule has 0 radical (unpaired) electrons. The molecular weight excluding hydrogens is 200 g/mol. The molecule has 0 saturated carbocycles. The second-order valence-corrected chi connectivity index (χ2v) is 3.83. The lowest BCUT2D eigenvalue weighted by molar-refractivity contribution is 0.0766. The Bertz CT molecular complexity index is 324. The van der Waals surface area contributed by atoms with Crippen LogP contribution in [0.4, 0.5) is 0 Å². The summed E-state index contributed by atoms with van der Waals surface area (Å²) in [6.45, 7) is 4.44. The number of nitrogens with zero attached hydrogens (tertiary/aromatic N) is 1. The van der Waals surface area contributed by atoms with Gasteiger partial charge in [-0.15, -0.1) is 0 Å². The monoisotopic (exact) mass is 212 g/mol. The summed E-state index contributed by atoms with van der Waals surface area (Å²) in [6, 6.07) is 2.14. The van der Waals surface area contributed by atoms with Gasteiger partial charge in [-0.3, -0.25) is 0 Å². The van der Waals surface area contributed by atoms with Gasteiger partial charge in [-0.2, -0.15) is 0 Å². The Morgan fingerprint density at radius 2 is 2.50 bits per heavy atom. The molecule has 2 heterocycles. The number of pyridine rings is 1. The van der Waals surface area contributed by atoms with E-state index in [-0.39, 0.29) is 6.04 Å². The fraction of sp³-hybridized carbons (Fsp3) is 0.500. The number of halogens is 1. The van der Waals surface area contributed by atoms with Gasteiger partial charge in [0.1, 0.15) is 5.15 Å². The smallest absolute Gasteiger partial charge is 0.129 e. The van der Waals surface area contributed by atoms with Gasteiger partial charge in [0.15, 0.2) is 0 Å². The van der Waals surface area contributed by atoms with Crippen molar-refractivity contribution >= 4 is 11.6 Å². The van der Waals surface area contributed by atoms with Crippen LogP contribution in [0.3, 0.4) is 0 Å². The second-order valence-electron chi connectivity index (χ2n) is 3.45. The van der Waals surface area contributed by atoms with Crippen LogP contribution in [-0.2, 0) is 4.74 Å². The molecule has 1 aliphatic rings. The molecule has 1 aliphatic heterocycles. The van der Waals surface area contributed by atoms with E-state index < -0.39 is 0 Å². The summed E-state index contributed by atoms with van der Waals surface area (Å²) in [6.07, 6.45) is 1.82. The van der Waals surface area contributed by atoms with Crippen molar-refractivity contribution in [3.63, 3.8) is 0 Å². The lowest BCUT2D eigenvalue weighted by Crippen LogP contribution is -2.35. The number of rotatable bonds is 1. The Balaban J connectivity index is 2.22. The van der Waals surface area contributed by atoms with Crippen molar-refractivity contribution in [3.8, 4) is 0 Å². The topological polar surface area (TPSA) is 34.1 Å². The Morgan fingerprint density at radius 3 is 3.14 bits per heavy atom. The van der Waals surface area contributed by atoms with Crippen molar-refractivity contribution in [2.24, 2.45) is 0 Å². The molecule has 1 aromatic heterocycles. The first-order chi connectivity index (χ1) is 6.77. The number of ether oxygens (including phenoxy) is 1. The Labute approximate surface area is 88.4 Å². The van der Waals surface area contributed by atoms with Crippen molar-refractivity contribution in [2.45, 2.75) is 13.0 Å². The van der Waals surface area contributed by atoms with Gasteiger partial charge >= 0.3 is 0 Å². The van der Waals surface area contributed by atoms with Crippen LogP contribution in [-0.4, -0.2) is 24.7 Å². The number of aromatic nitrogens is 1. The summed E-state index contributed by atoms with van der Waals surface area (Å²) in [5.74, 6) is 0. The number of morpholine rings is 1. The van der Waals surface area contributed by atoms with Crippen molar-refractivity contribution in [1.82, 2.24) is 10.3 Å². The quantitative estimate of drug-likeness (QED) is 0.720. The minimum atomic E-state index is 0.258. The summed E-state index contributed by atoms with van der Waals surface area (Å²) < 4.78 is 5.40. The fourth-order valence-corrected chi connectivity index (χ4v) is 1.87. The standard InChI is InChI=1S/C10H13ClN2O/c1-7-4-10(11)13-5-8(7)9-6-14-3-2-12-9/h4-5,9,12H,2-3,6H2,1H3/t9-/m1/s1. The number of hydrogen-bond acceptors (Lipinski definition) is 3. The van der Waals surface area contributed by atoms with Crippen molar-refractivity contribution in [2.75, 3.05) is 19.8 Å². The summed E-state index contributed by atoms with van der Waals surface area (Å²) >= 11 is 5.79. The SMILES string of the molecule is Cc1cc(Cl)ncc1[C@H]1COCCN1. The largest absolute Gasteiger partial charge is 0.378 e. The summed E-state index contributed by atoms with van der Waals surface area (Å²) in [5, 5.41) is 3.93. The van der Waals surface area contributed by atoms with E-state index in [4.69, 9.17) is 16.3 Å². The van der Waals surface area contributed by atoms with Crippen molar-refractivity contribution in [3.05, 3.63) is 28.5 Å². The maximum Gasteiger partial charge on any atom is 0.129 e. The Morgan fingerprint density at radius 1 is 1.64 bits per heavy atom. The van der Waals surface area contributed by atoms with Gasteiger partial charge in [0, 0.05) is 12.7 Å². The molecule has 0 unspecified atom stereocenters. The summed E-state index contributed by atoms with van der Waals surface area (Å²) in [5.41, 5.74) is 2.34. The molecule has 0 spiro atoms. The van der Waals surface area contributed by atoms with Crippen LogP contribution in [0.1, 0.15) is 17.2 Å². The van der Waals surface area contributed by atoms with Crippen LogP contribution < -0.4 is 5.32 Å². The number of nitrogens with one attached hydrogen (secondary N) is 1. The first-order valence-electron chi connectivity index (χ1n) is 4.70. The zero-order chi connectivity index (χ0) is 9.97. The third-order valence-electron chi connectivity index (χ3n) is 2.41. The van der Waals surface area contributed by atoms with Crippen LogP contribution in [0, 0.1) is 6.92 Å². The predicted molar refractivity (Wildman–Crippen MR) is 55.5 cm³/mol. The maximum absolute atomic E-state index is 5.79. The molecule has 1 atom stereocenters. The van der Waals surface area contributed by atoms with E-state index in [1.807, 2.05) is 19.2 Å². The lowest BCUT2D eigenvalue weighted by Gasteiger charge is -2.25. The van der Waals surface area contributed by atoms with Crippen LogP contribution in [0.2, 0.25) is 5.15 Å². The first kappa shape index (κ1) is 9.90. The molecule has 0 bridgehead atoms. The third kappa shape index (κ3) is 2.05. The number of hydrogen-bond donors (Lipinski definition) is 1. The van der Waals surface area contributed by atoms with Crippen LogP contribution in [0.15, 0.2) is 12.3 Å². The molecule has 0 amide bonds. The minimum Gasteiger partial charge on any atom is -0.378 e. The molecule has 2 rings (SSSR count). The molecule has 0 aromatic carbocycles. The van der Waals surface area contributed by atoms with Crippen molar-refractivity contribution in [1.29, 1.82) is 0 Å². The van der Waals surface area contributed by atoms with Crippen molar-refractivity contribution < 1.29 is 4.74 Å². The second kappa shape index (κ2) is 4.26. The minimum absolute atomic E-state index is 0.258. The third-order valence-corrected chi connectivity index (χ3v) is 2.62. The van der Waals surface area contributed by atoms with Gasteiger partial charge in [-0.05, 0) is 24.1 Å². The van der Waals surface area contributed by atoms with E-state index in [9.17, 15) is 0 Å². The zero-order valence-corrected chi connectivity index (χ0v) is 8.84. The Hall–Kier alpha value is -0.640.